The molecule has 1 N–H and O–H groups in total. The lowest BCUT2D eigenvalue weighted by Crippen LogP contribution is -2.42. The van der Waals surface area contributed by atoms with Crippen molar-refractivity contribution in [1.82, 2.24) is 19.8 Å². The molecule has 0 unspecified atom stereocenters. The fourth-order valence-electron chi connectivity index (χ4n) is 3.51. The quantitative estimate of drug-likeness (QED) is 0.673. The Bertz CT molecular complexity index is 1060. The minimum Gasteiger partial charge on any atom is -0.497 e. The molecule has 0 saturated carbocycles. The van der Waals surface area contributed by atoms with Crippen molar-refractivity contribution >= 4 is 22.8 Å². The molecule has 8 nitrogen and oxygen atoms in total. The summed E-state index contributed by atoms with van der Waals surface area (Å²) < 4.78 is 12.4. The Kier molecular flexibility index (Phi) is 5.94. The van der Waals surface area contributed by atoms with Crippen molar-refractivity contribution in [2.75, 3.05) is 33.4 Å². The summed E-state index contributed by atoms with van der Waals surface area (Å²) in [5.74, 6) is 1.04. The monoisotopic (exact) mass is 408 g/mol. The molecule has 1 fully saturated rings. The summed E-state index contributed by atoms with van der Waals surface area (Å²) in [5.41, 5.74) is 2.16. The maximum atomic E-state index is 12.8. The minimum absolute atomic E-state index is 0.0156. The van der Waals surface area contributed by atoms with Crippen LogP contribution in [0.5, 0.6) is 5.75 Å². The van der Waals surface area contributed by atoms with Crippen molar-refractivity contribution in [2.24, 2.45) is 0 Å². The number of para-hydroxylation sites is 2. The number of carbonyl (C=O) groups excluding carboxylic acids is 2. The molecule has 1 aliphatic rings. The lowest BCUT2D eigenvalue weighted by molar-refractivity contribution is -0.135. The fourth-order valence-corrected chi connectivity index (χ4v) is 3.51. The third-order valence-corrected chi connectivity index (χ3v) is 5.13. The number of aromatic nitrogens is 2. The molecule has 156 valence electrons. The lowest BCUT2D eigenvalue weighted by Gasteiger charge is -2.27. The van der Waals surface area contributed by atoms with Gasteiger partial charge in [-0.15, -0.1) is 0 Å². The number of nitrogens with one attached hydrogen (secondary N) is 1. The first-order valence-corrected chi connectivity index (χ1v) is 9.87. The second kappa shape index (κ2) is 8.96. The first kappa shape index (κ1) is 19.9. The van der Waals surface area contributed by atoms with Gasteiger partial charge >= 0.3 is 0 Å². The highest BCUT2D eigenvalue weighted by Gasteiger charge is 2.20. The predicted molar refractivity (Wildman–Crippen MR) is 111 cm³/mol. The molecule has 8 heteroatoms. The number of imidazole rings is 1. The molecule has 4 rings (SSSR count). The molecule has 1 saturated heterocycles. The average Bonchev–Trinajstić information content (AvgIpc) is 3.15. The molecule has 2 heterocycles. The minimum atomic E-state index is -0.230. The number of hydrogen-bond acceptors (Lipinski definition) is 5. The van der Waals surface area contributed by atoms with E-state index in [1.807, 2.05) is 28.8 Å². The number of methoxy groups -OCH3 is 1. The third kappa shape index (κ3) is 4.28. The standard InChI is InChI=1S/C22H24N4O4/c1-29-17-6-4-5-16(13-17)22(28)23-14-20-24-18-7-2-3-8-19(18)26(20)15-21(27)25-9-11-30-12-10-25/h2-8,13H,9-12,14-15H2,1H3,(H,23,28). The first-order valence-electron chi connectivity index (χ1n) is 9.87. The van der Waals surface area contributed by atoms with Gasteiger partial charge in [-0.05, 0) is 30.3 Å². The molecular weight excluding hydrogens is 384 g/mol. The highest BCUT2D eigenvalue weighted by atomic mass is 16.5. The molecular formula is C22H24N4O4. The van der Waals surface area contributed by atoms with E-state index in [2.05, 4.69) is 10.3 Å². The maximum Gasteiger partial charge on any atom is 0.251 e. The van der Waals surface area contributed by atoms with Gasteiger partial charge in [-0.2, -0.15) is 0 Å². The van der Waals surface area contributed by atoms with Gasteiger partial charge in [0, 0.05) is 18.7 Å². The highest BCUT2D eigenvalue weighted by molar-refractivity contribution is 5.94. The molecule has 0 radical (unpaired) electrons. The summed E-state index contributed by atoms with van der Waals surface area (Å²) >= 11 is 0. The Hall–Kier alpha value is -3.39. The zero-order chi connectivity index (χ0) is 20.9. The van der Waals surface area contributed by atoms with Crippen LogP contribution >= 0.6 is 0 Å². The number of hydrogen-bond donors (Lipinski definition) is 1. The van der Waals surface area contributed by atoms with E-state index in [1.54, 1.807) is 36.3 Å². The van der Waals surface area contributed by atoms with E-state index >= 15 is 0 Å². The van der Waals surface area contributed by atoms with Gasteiger partial charge in [0.15, 0.2) is 0 Å². The van der Waals surface area contributed by atoms with Crippen LogP contribution in [0.4, 0.5) is 0 Å². The van der Waals surface area contributed by atoms with Crippen LogP contribution in [-0.4, -0.2) is 59.7 Å². The third-order valence-electron chi connectivity index (χ3n) is 5.13. The molecule has 0 aliphatic carbocycles. The Morgan fingerprint density at radius 1 is 1.13 bits per heavy atom. The SMILES string of the molecule is COc1cccc(C(=O)NCc2nc3ccccc3n2CC(=O)N2CCOCC2)c1. The largest absolute Gasteiger partial charge is 0.497 e. The number of carbonyl (C=O) groups is 2. The number of benzene rings is 2. The lowest BCUT2D eigenvalue weighted by atomic mass is 10.2. The number of ether oxygens (including phenoxy) is 2. The summed E-state index contributed by atoms with van der Waals surface area (Å²) in [6.45, 7) is 2.67. The van der Waals surface area contributed by atoms with Gasteiger partial charge in [0.05, 0.1) is 37.9 Å². The van der Waals surface area contributed by atoms with Gasteiger partial charge < -0.3 is 24.3 Å². The van der Waals surface area contributed by atoms with Crippen molar-refractivity contribution in [2.45, 2.75) is 13.1 Å². The fraction of sp³-hybridized carbons (Fsp3) is 0.318. The Balaban J connectivity index is 1.53. The summed E-state index contributed by atoms with van der Waals surface area (Å²) in [5, 5.41) is 2.90. The number of rotatable bonds is 6. The molecule has 0 spiro atoms. The average molecular weight is 408 g/mol. The molecule has 1 aliphatic heterocycles. The van der Waals surface area contributed by atoms with Crippen molar-refractivity contribution in [3.63, 3.8) is 0 Å². The predicted octanol–water partition coefficient (Wildman–Crippen LogP) is 1.83. The molecule has 3 aromatic rings. The summed E-state index contributed by atoms with van der Waals surface area (Å²) in [7, 11) is 1.56. The van der Waals surface area contributed by atoms with Crippen molar-refractivity contribution in [3.8, 4) is 5.75 Å². The van der Waals surface area contributed by atoms with Crippen LogP contribution < -0.4 is 10.1 Å². The van der Waals surface area contributed by atoms with E-state index in [9.17, 15) is 9.59 Å². The Labute approximate surface area is 174 Å². The van der Waals surface area contributed by atoms with Crippen LogP contribution in [0.15, 0.2) is 48.5 Å². The van der Waals surface area contributed by atoms with E-state index < -0.39 is 0 Å². The second-order valence-electron chi connectivity index (χ2n) is 7.01. The van der Waals surface area contributed by atoms with E-state index in [-0.39, 0.29) is 24.9 Å². The number of nitrogens with zero attached hydrogens (tertiary/aromatic N) is 3. The summed E-state index contributed by atoms with van der Waals surface area (Å²) in [4.78, 5) is 31.8. The summed E-state index contributed by atoms with van der Waals surface area (Å²) in [6, 6.07) is 14.6. The van der Waals surface area contributed by atoms with E-state index in [0.29, 0.717) is 43.4 Å². The van der Waals surface area contributed by atoms with Gasteiger partial charge in [0.25, 0.3) is 5.91 Å². The molecule has 2 amide bonds. The van der Waals surface area contributed by atoms with Gasteiger partial charge in [-0.3, -0.25) is 9.59 Å². The van der Waals surface area contributed by atoms with Gasteiger partial charge in [-0.25, -0.2) is 4.98 Å². The van der Waals surface area contributed by atoms with E-state index in [0.717, 1.165) is 11.0 Å². The van der Waals surface area contributed by atoms with Crippen LogP contribution in [0.1, 0.15) is 16.2 Å². The number of amides is 2. The molecule has 30 heavy (non-hydrogen) atoms. The number of fused-ring (bicyclic) bond motifs is 1. The molecule has 0 atom stereocenters. The summed E-state index contributed by atoms with van der Waals surface area (Å²) in [6.07, 6.45) is 0. The Morgan fingerprint density at radius 2 is 1.93 bits per heavy atom. The second-order valence-corrected chi connectivity index (χ2v) is 7.01. The van der Waals surface area contributed by atoms with Crippen LogP contribution in [0.3, 0.4) is 0 Å². The van der Waals surface area contributed by atoms with Crippen LogP contribution in [0.25, 0.3) is 11.0 Å². The van der Waals surface area contributed by atoms with Crippen molar-refractivity contribution in [3.05, 3.63) is 59.9 Å². The number of morpholine rings is 1. The van der Waals surface area contributed by atoms with E-state index in [1.165, 1.54) is 0 Å². The van der Waals surface area contributed by atoms with Crippen LogP contribution in [-0.2, 0) is 22.6 Å². The normalized spacial score (nSPS) is 14.0. The molecule has 0 bridgehead atoms. The van der Waals surface area contributed by atoms with Crippen LogP contribution in [0.2, 0.25) is 0 Å². The first-order chi connectivity index (χ1) is 14.7. The van der Waals surface area contributed by atoms with Crippen molar-refractivity contribution in [1.29, 1.82) is 0 Å². The maximum absolute atomic E-state index is 12.8. The van der Waals surface area contributed by atoms with E-state index in [4.69, 9.17) is 9.47 Å². The van der Waals surface area contributed by atoms with Gasteiger partial charge in [0.1, 0.15) is 18.1 Å². The zero-order valence-electron chi connectivity index (χ0n) is 16.8. The zero-order valence-corrected chi connectivity index (χ0v) is 16.8. The molecule has 1 aromatic heterocycles. The van der Waals surface area contributed by atoms with Gasteiger partial charge in [-0.1, -0.05) is 18.2 Å². The van der Waals surface area contributed by atoms with Gasteiger partial charge in [0.2, 0.25) is 5.91 Å². The molecule has 2 aromatic carbocycles. The van der Waals surface area contributed by atoms with Crippen LogP contribution in [0, 0.1) is 0 Å². The smallest absolute Gasteiger partial charge is 0.251 e. The highest BCUT2D eigenvalue weighted by Crippen LogP contribution is 2.17. The topological polar surface area (TPSA) is 85.7 Å². The Morgan fingerprint density at radius 3 is 2.73 bits per heavy atom. The van der Waals surface area contributed by atoms with Crippen molar-refractivity contribution < 1.29 is 19.1 Å².